The number of aromatic nitrogens is 2. The van der Waals surface area contributed by atoms with Crippen LogP contribution in [0.25, 0.3) is 0 Å². The highest BCUT2D eigenvalue weighted by Crippen LogP contribution is 2.44. The molecule has 0 bridgehead atoms. The number of carbonyl (C=O) groups is 1. The van der Waals surface area contributed by atoms with Gasteiger partial charge in [0.25, 0.3) is 0 Å². The Morgan fingerprint density at radius 1 is 1.27 bits per heavy atom. The van der Waals surface area contributed by atoms with Gasteiger partial charge in [-0.15, -0.1) is 11.3 Å². The number of fused-ring (bicyclic) bond motifs is 2. The van der Waals surface area contributed by atoms with E-state index in [0.29, 0.717) is 0 Å². The number of aliphatic hydroxyl groups is 3. The Morgan fingerprint density at radius 2 is 1.97 bits per heavy atom. The van der Waals surface area contributed by atoms with Crippen molar-refractivity contribution in [2.24, 2.45) is 5.14 Å². The van der Waals surface area contributed by atoms with Crippen molar-refractivity contribution in [2.45, 2.75) is 61.2 Å². The van der Waals surface area contributed by atoms with Crippen LogP contribution in [-0.4, -0.2) is 55.0 Å². The lowest BCUT2D eigenvalue weighted by molar-refractivity contribution is -0.0599. The van der Waals surface area contributed by atoms with Crippen LogP contribution in [0, 0.1) is 0 Å². The highest BCUT2D eigenvalue weighted by atomic mass is 32.3. The highest BCUT2D eigenvalue weighted by Gasteiger charge is 2.39. The monoisotopic (exact) mass is 497 g/mol. The second kappa shape index (κ2) is 7.79. The van der Waals surface area contributed by atoms with Gasteiger partial charge < -0.3 is 20.6 Å². The lowest BCUT2D eigenvalue weighted by atomic mass is 9.90. The van der Waals surface area contributed by atoms with Crippen LogP contribution in [0.4, 0.5) is 10.5 Å². The van der Waals surface area contributed by atoms with Crippen LogP contribution >= 0.6 is 11.3 Å². The summed E-state index contributed by atoms with van der Waals surface area (Å²) < 4.78 is 16.1. The van der Waals surface area contributed by atoms with Crippen LogP contribution in [0.15, 0.2) is 10.4 Å². The van der Waals surface area contributed by atoms with Gasteiger partial charge in [-0.25, -0.2) is 14.0 Å². The van der Waals surface area contributed by atoms with Crippen molar-refractivity contribution >= 4 is 32.5 Å². The van der Waals surface area contributed by atoms with E-state index in [-0.39, 0.29) is 14.6 Å². The maximum atomic E-state index is 13.6. The first-order chi connectivity index (χ1) is 15.3. The maximum Gasteiger partial charge on any atom is 0.330 e. The van der Waals surface area contributed by atoms with E-state index in [1.165, 1.54) is 12.5 Å². The molecule has 2 aromatic heterocycles. The zero-order chi connectivity index (χ0) is 24.3. The summed E-state index contributed by atoms with van der Waals surface area (Å²) in [5.41, 5.74) is 2.70. The maximum absolute atomic E-state index is 13.6. The summed E-state index contributed by atoms with van der Waals surface area (Å²) in [4.78, 5) is 21.9. The Balaban J connectivity index is 1.63. The van der Waals surface area contributed by atoms with Gasteiger partial charge in [-0.2, -0.15) is 0 Å². The van der Waals surface area contributed by atoms with Crippen LogP contribution in [-0.2, 0) is 39.7 Å². The number of thiazole rings is 1. The standard InChI is InChI=1S/C21H31N5O5S2/c1-20(2)8-7-13-16(12-5-4-6-14(12)24-17(13)20)25-19(29)26-33(3,22,31)15-9-23-18(32-15)21(30,10-27)11-28/h9,27-28,30H,4-8,10-11H2,1-3H3,(H4,22,24,25,26,29,31). The van der Waals surface area contributed by atoms with Crippen LogP contribution in [0.3, 0.4) is 0 Å². The number of hydrogen-bond acceptors (Lipinski definition) is 8. The van der Waals surface area contributed by atoms with Crippen molar-refractivity contribution < 1.29 is 24.3 Å². The fraction of sp³-hybridized carbons (Fsp3) is 0.571. The number of aryl methyl sites for hydroxylation is 1. The minimum atomic E-state index is -4.40. The summed E-state index contributed by atoms with van der Waals surface area (Å²) in [5, 5.41) is 38.1. The third-order valence-corrected chi connectivity index (χ3v) is 10.7. The molecule has 2 heterocycles. The Bertz CT molecular complexity index is 1180. The Hall–Kier alpha value is -1.96. The molecule has 7 N–H and O–H groups in total. The van der Waals surface area contributed by atoms with Gasteiger partial charge >= 0.3 is 6.03 Å². The van der Waals surface area contributed by atoms with Crippen LogP contribution in [0.2, 0.25) is 0 Å². The summed E-state index contributed by atoms with van der Waals surface area (Å²) in [6.45, 7) is 2.74. The number of amides is 2. The fourth-order valence-electron chi connectivity index (χ4n) is 4.45. The van der Waals surface area contributed by atoms with E-state index in [2.05, 4.69) is 28.9 Å². The van der Waals surface area contributed by atoms with Crippen LogP contribution in [0.1, 0.15) is 54.2 Å². The zero-order valence-electron chi connectivity index (χ0n) is 19.0. The number of anilines is 1. The molecule has 4 rings (SSSR count). The molecule has 182 valence electrons. The molecule has 0 aliphatic heterocycles. The fourth-order valence-corrected chi connectivity index (χ4v) is 7.29. The molecule has 0 fully saturated rings. The lowest BCUT2D eigenvalue weighted by Crippen LogP contribution is -2.57. The average Bonchev–Trinajstić information content (AvgIpc) is 3.46. The molecule has 0 spiro atoms. The molecule has 0 unspecified atom stereocenters. The third kappa shape index (κ3) is 4.19. The number of hydrogen-bond donors (Lipinski definition) is 6. The smallest absolute Gasteiger partial charge is 0.330 e. The Morgan fingerprint density at radius 3 is 2.64 bits per heavy atom. The van der Waals surface area contributed by atoms with Gasteiger partial charge in [-0.3, -0.25) is 14.8 Å². The summed E-state index contributed by atoms with van der Waals surface area (Å²) in [6, 6.07) is -0.710. The van der Waals surface area contributed by atoms with Crippen LogP contribution in [0.5, 0.6) is 0 Å². The van der Waals surface area contributed by atoms with Crippen molar-refractivity contribution in [3.05, 3.63) is 33.7 Å². The summed E-state index contributed by atoms with van der Waals surface area (Å²) in [5.74, 6) is 0. The van der Waals surface area contributed by atoms with Gasteiger partial charge in [-0.05, 0) is 43.2 Å². The third-order valence-electron chi connectivity index (χ3n) is 6.46. The quantitative estimate of drug-likeness (QED) is 0.343. The summed E-state index contributed by atoms with van der Waals surface area (Å²) in [6.07, 6.45) is 6.76. The van der Waals surface area contributed by atoms with E-state index >= 15 is 0 Å². The number of carbonyl (C=O) groups excluding carboxylic acids is 1. The predicted octanol–water partition coefficient (Wildman–Crippen LogP) is 0.842. The predicted molar refractivity (Wildman–Crippen MR) is 126 cm³/mol. The number of rotatable bonds is 6. The number of nitrogens with zero attached hydrogens (tertiary/aromatic N) is 2. The highest BCUT2D eigenvalue weighted by molar-refractivity contribution is 8.17. The molecule has 0 radical (unpaired) electrons. The molecule has 0 atom stereocenters. The molecule has 2 aliphatic carbocycles. The van der Waals surface area contributed by atoms with Crippen molar-refractivity contribution in [3.63, 3.8) is 0 Å². The molecule has 0 saturated carbocycles. The first kappa shape index (κ1) is 24.2. The molecule has 10 nitrogen and oxygen atoms in total. The van der Waals surface area contributed by atoms with E-state index in [1.54, 1.807) is 0 Å². The van der Waals surface area contributed by atoms with Gasteiger partial charge in [0.2, 0.25) is 0 Å². The number of nitrogens with one attached hydrogen (secondary N) is 2. The van der Waals surface area contributed by atoms with Crippen molar-refractivity contribution in [1.82, 2.24) is 14.7 Å². The molecule has 2 aliphatic rings. The summed E-state index contributed by atoms with van der Waals surface area (Å²) in [7, 11) is -4.40. The summed E-state index contributed by atoms with van der Waals surface area (Å²) >= 11 is 0.760. The lowest BCUT2D eigenvalue weighted by Gasteiger charge is -2.33. The Labute approximate surface area is 196 Å². The van der Waals surface area contributed by atoms with Crippen LogP contribution < -0.4 is 15.2 Å². The molecule has 2 amide bonds. The molecule has 0 aromatic carbocycles. The number of pyridine rings is 1. The molecular formula is C21H31N5O5S2. The zero-order valence-corrected chi connectivity index (χ0v) is 20.6. The second-order valence-corrected chi connectivity index (χ2v) is 14.5. The van der Waals surface area contributed by atoms with E-state index in [1.807, 2.05) is 0 Å². The number of nitrogens with two attached hydrogens (primary N) is 1. The van der Waals surface area contributed by atoms with E-state index < -0.39 is 34.3 Å². The average molecular weight is 498 g/mol. The topological polar surface area (TPSA) is 171 Å². The SMILES string of the molecule is CC1(C)CCc2c1nc1c(c2NC(=O)NS(C)(N)(=O)c2cnc(C(O)(CO)CO)s2)CCC1. The molecule has 33 heavy (non-hydrogen) atoms. The van der Waals surface area contributed by atoms with E-state index in [4.69, 9.17) is 10.1 Å². The molecule has 2 aromatic rings. The van der Waals surface area contributed by atoms with Crippen molar-refractivity contribution in [3.8, 4) is 0 Å². The van der Waals surface area contributed by atoms with Crippen molar-refractivity contribution in [2.75, 3.05) is 24.8 Å². The number of aliphatic hydroxyl groups excluding tert-OH is 2. The first-order valence-corrected chi connectivity index (χ1v) is 14.0. The minimum absolute atomic E-state index is 0.0174. The molecular weight excluding hydrogens is 466 g/mol. The molecule has 0 saturated heterocycles. The Kier molecular flexibility index (Phi) is 5.70. The van der Waals surface area contributed by atoms with E-state index in [9.17, 15) is 24.3 Å². The minimum Gasteiger partial charge on any atom is -0.393 e. The largest absolute Gasteiger partial charge is 0.393 e. The van der Waals surface area contributed by atoms with Crippen molar-refractivity contribution in [1.29, 1.82) is 0 Å². The van der Waals surface area contributed by atoms with Gasteiger partial charge in [0, 0.05) is 26.8 Å². The first-order valence-electron chi connectivity index (χ1n) is 10.8. The van der Waals surface area contributed by atoms with E-state index in [0.717, 1.165) is 71.6 Å². The van der Waals surface area contributed by atoms with Gasteiger partial charge in [0.05, 0.1) is 30.8 Å². The molecule has 12 heteroatoms. The number of urea groups is 1. The van der Waals surface area contributed by atoms with Gasteiger partial charge in [0.1, 0.15) is 9.22 Å². The second-order valence-electron chi connectivity index (χ2n) is 9.78. The van der Waals surface area contributed by atoms with Gasteiger partial charge in [0.15, 0.2) is 5.60 Å². The normalized spacial score (nSPS) is 18.3. The van der Waals surface area contributed by atoms with Gasteiger partial charge in [-0.1, -0.05) is 13.8 Å².